The van der Waals surface area contributed by atoms with Crippen LogP contribution in [-0.4, -0.2) is 0 Å². The summed E-state index contributed by atoms with van der Waals surface area (Å²) in [6.07, 6.45) is 1.62. The number of halogens is 2. The lowest BCUT2D eigenvalue weighted by molar-refractivity contribution is 0.514. The first kappa shape index (κ1) is 16.9. The molecular weight excluding hydrogens is 316 g/mol. The van der Waals surface area contributed by atoms with E-state index < -0.39 is 11.6 Å². The van der Waals surface area contributed by atoms with Crippen molar-refractivity contribution in [2.75, 3.05) is 0 Å². The van der Waals surface area contributed by atoms with Gasteiger partial charge in [-0.15, -0.1) is 0 Å². The molecule has 3 aromatic carbocycles. The van der Waals surface area contributed by atoms with E-state index in [-0.39, 0.29) is 11.1 Å². The smallest absolute Gasteiger partial charge is 0.167 e. The third kappa shape index (κ3) is 3.61. The average molecular weight is 335 g/mol. The first-order valence-corrected chi connectivity index (χ1v) is 8.09. The minimum absolute atomic E-state index is 0.261. The van der Waals surface area contributed by atoms with Crippen molar-refractivity contribution in [2.24, 2.45) is 0 Å². The lowest BCUT2D eigenvalue weighted by atomic mass is 9.98. The topological polar surface area (TPSA) is 12.0 Å². The lowest BCUT2D eigenvalue weighted by Crippen LogP contribution is -2.03. The van der Waals surface area contributed by atoms with Crippen molar-refractivity contribution in [3.05, 3.63) is 96.2 Å². The summed E-state index contributed by atoms with van der Waals surface area (Å²) >= 11 is 0. The van der Waals surface area contributed by atoms with Gasteiger partial charge in [0.2, 0.25) is 0 Å². The fourth-order valence-corrected chi connectivity index (χ4v) is 2.72. The Labute approximate surface area is 146 Å². The van der Waals surface area contributed by atoms with Crippen molar-refractivity contribution in [1.82, 2.24) is 5.32 Å². The second kappa shape index (κ2) is 7.31. The van der Waals surface area contributed by atoms with E-state index >= 15 is 0 Å². The van der Waals surface area contributed by atoms with Gasteiger partial charge in [-0.3, -0.25) is 0 Å². The van der Waals surface area contributed by atoms with Crippen LogP contribution in [0, 0.1) is 18.6 Å². The van der Waals surface area contributed by atoms with Gasteiger partial charge in [0.15, 0.2) is 11.6 Å². The Kier molecular flexibility index (Phi) is 4.94. The maximum atomic E-state index is 14.6. The van der Waals surface area contributed by atoms with Crippen molar-refractivity contribution >= 4 is 0 Å². The maximum Gasteiger partial charge on any atom is 0.167 e. The monoisotopic (exact) mass is 335 g/mol. The molecule has 1 N–H and O–H groups in total. The molecule has 0 radical (unpaired) electrons. The van der Waals surface area contributed by atoms with Gasteiger partial charge in [-0.25, -0.2) is 8.78 Å². The Bertz CT molecular complexity index is 881. The van der Waals surface area contributed by atoms with Crippen LogP contribution in [0.25, 0.3) is 22.3 Å². The minimum Gasteiger partial charge on any atom is -0.387 e. The highest BCUT2D eigenvalue weighted by Gasteiger charge is 2.15. The number of benzene rings is 3. The molecule has 0 unspecified atom stereocenters. The number of hydrogen-bond donors (Lipinski definition) is 1. The van der Waals surface area contributed by atoms with Crippen LogP contribution in [0.4, 0.5) is 8.78 Å². The summed E-state index contributed by atoms with van der Waals surface area (Å²) in [4.78, 5) is 0. The van der Waals surface area contributed by atoms with Crippen LogP contribution in [0.5, 0.6) is 0 Å². The molecule has 3 aromatic rings. The molecule has 0 saturated carbocycles. The van der Waals surface area contributed by atoms with Gasteiger partial charge in [-0.2, -0.15) is 0 Å². The van der Waals surface area contributed by atoms with Crippen molar-refractivity contribution in [2.45, 2.75) is 13.5 Å². The summed E-state index contributed by atoms with van der Waals surface area (Å²) in [6, 6.07) is 18.0. The maximum absolute atomic E-state index is 14.6. The second-order valence-corrected chi connectivity index (χ2v) is 5.94. The van der Waals surface area contributed by atoms with Gasteiger partial charge in [0.1, 0.15) is 0 Å². The fraction of sp³-hybridized carbons (Fsp3) is 0.0909. The van der Waals surface area contributed by atoms with E-state index in [4.69, 9.17) is 0 Å². The third-order valence-corrected chi connectivity index (χ3v) is 4.16. The largest absolute Gasteiger partial charge is 0.387 e. The summed E-state index contributed by atoms with van der Waals surface area (Å²) in [6.45, 7) is 6.20. The van der Waals surface area contributed by atoms with Crippen LogP contribution in [0.1, 0.15) is 11.1 Å². The lowest BCUT2D eigenvalue weighted by Gasteiger charge is -2.10. The molecule has 126 valence electrons. The van der Waals surface area contributed by atoms with Crippen molar-refractivity contribution in [3.63, 3.8) is 0 Å². The Hall–Kier alpha value is -2.94. The molecular formula is C22H19F2N. The molecule has 0 aliphatic heterocycles. The SMILES string of the molecule is C=CNCc1ccc(-c2ccc(-c3ccc(C)cc3)c(F)c2F)cc1. The third-order valence-electron chi connectivity index (χ3n) is 4.16. The van der Waals surface area contributed by atoms with Gasteiger partial charge < -0.3 is 5.32 Å². The minimum atomic E-state index is -0.824. The van der Waals surface area contributed by atoms with E-state index in [1.807, 2.05) is 31.2 Å². The molecule has 0 spiro atoms. The van der Waals surface area contributed by atoms with E-state index in [9.17, 15) is 8.78 Å². The van der Waals surface area contributed by atoms with Gasteiger partial charge in [0, 0.05) is 17.7 Å². The van der Waals surface area contributed by atoms with Gasteiger partial charge >= 0.3 is 0 Å². The first-order chi connectivity index (χ1) is 12.1. The fourth-order valence-electron chi connectivity index (χ4n) is 2.72. The van der Waals surface area contributed by atoms with Gasteiger partial charge in [0.05, 0.1) is 0 Å². The first-order valence-electron chi connectivity index (χ1n) is 8.09. The molecule has 0 atom stereocenters. The van der Waals surface area contributed by atoms with Crippen LogP contribution in [0.3, 0.4) is 0 Å². The zero-order chi connectivity index (χ0) is 17.8. The highest BCUT2D eigenvalue weighted by molar-refractivity contribution is 5.72. The molecule has 0 amide bonds. The zero-order valence-corrected chi connectivity index (χ0v) is 14.0. The van der Waals surface area contributed by atoms with Crippen LogP contribution in [0.2, 0.25) is 0 Å². The molecule has 0 fully saturated rings. The highest BCUT2D eigenvalue weighted by Crippen LogP contribution is 2.31. The van der Waals surface area contributed by atoms with Crippen molar-refractivity contribution in [1.29, 1.82) is 0 Å². The average Bonchev–Trinajstić information content (AvgIpc) is 2.64. The number of rotatable bonds is 5. The molecule has 0 aliphatic carbocycles. The molecule has 0 heterocycles. The highest BCUT2D eigenvalue weighted by atomic mass is 19.2. The van der Waals surface area contributed by atoms with Gasteiger partial charge in [0.25, 0.3) is 0 Å². The molecule has 25 heavy (non-hydrogen) atoms. The Morgan fingerprint density at radius 1 is 0.800 bits per heavy atom. The number of nitrogens with one attached hydrogen (secondary N) is 1. The predicted molar refractivity (Wildman–Crippen MR) is 99.0 cm³/mol. The molecule has 0 bridgehead atoms. The second-order valence-electron chi connectivity index (χ2n) is 5.94. The van der Waals surface area contributed by atoms with Crippen LogP contribution < -0.4 is 5.32 Å². The normalized spacial score (nSPS) is 10.5. The Morgan fingerprint density at radius 2 is 1.28 bits per heavy atom. The summed E-state index contributed by atoms with van der Waals surface area (Å²) in [7, 11) is 0. The summed E-state index contributed by atoms with van der Waals surface area (Å²) < 4.78 is 29.2. The zero-order valence-electron chi connectivity index (χ0n) is 14.0. The van der Waals surface area contributed by atoms with Crippen LogP contribution in [-0.2, 0) is 6.54 Å². The Morgan fingerprint density at radius 3 is 1.76 bits per heavy atom. The number of aryl methyl sites for hydroxylation is 1. The summed E-state index contributed by atoms with van der Waals surface area (Å²) in [5.41, 5.74) is 3.96. The summed E-state index contributed by atoms with van der Waals surface area (Å²) in [5.74, 6) is -1.64. The standard InChI is InChI=1S/C22H19F2N/c1-3-25-14-16-6-10-18(11-7-16)20-13-12-19(21(23)22(20)24)17-8-4-15(2)5-9-17/h3-13,25H,1,14H2,2H3. The van der Waals surface area contributed by atoms with E-state index in [0.29, 0.717) is 17.7 Å². The van der Waals surface area contributed by atoms with E-state index in [0.717, 1.165) is 11.1 Å². The molecule has 1 nitrogen and oxygen atoms in total. The van der Waals surface area contributed by atoms with Gasteiger partial charge in [-0.1, -0.05) is 72.8 Å². The molecule has 0 aliphatic rings. The molecule has 0 saturated heterocycles. The molecule has 0 aromatic heterocycles. The quantitative estimate of drug-likeness (QED) is 0.617. The molecule has 3 rings (SSSR count). The molecule has 3 heteroatoms. The van der Waals surface area contributed by atoms with E-state index in [1.54, 1.807) is 42.6 Å². The number of hydrogen-bond acceptors (Lipinski definition) is 1. The van der Waals surface area contributed by atoms with Crippen molar-refractivity contribution in [3.8, 4) is 22.3 Å². The van der Waals surface area contributed by atoms with Gasteiger partial charge in [-0.05, 0) is 29.8 Å². The summed E-state index contributed by atoms with van der Waals surface area (Å²) in [5, 5.41) is 3.00. The van der Waals surface area contributed by atoms with Crippen molar-refractivity contribution < 1.29 is 8.78 Å². The van der Waals surface area contributed by atoms with E-state index in [2.05, 4.69) is 11.9 Å². The van der Waals surface area contributed by atoms with Crippen LogP contribution in [0.15, 0.2) is 73.4 Å². The van der Waals surface area contributed by atoms with Crippen LogP contribution >= 0.6 is 0 Å². The predicted octanol–water partition coefficient (Wildman–Crippen LogP) is 5.84. The Balaban J connectivity index is 1.94. The van der Waals surface area contributed by atoms with E-state index in [1.165, 1.54) is 0 Å².